The molecule has 0 aliphatic carbocycles. The molecule has 2 fully saturated rings. The largest absolute Gasteiger partial charge is 0.367 e. The van der Waals surface area contributed by atoms with Gasteiger partial charge in [-0.15, -0.1) is 0 Å². The van der Waals surface area contributed by atoms with Crippen molar-refractivity contribution in [2.45, 2.75) is 12.8 Å². The van der Waals surface area contributed by atoms with E-state index in [0.29, 0.717) is 25.9 Å². The first-order chi connectivity index (χ1) is 12.0. The van der Waals surface area contributed by atoms with Crippen LogP contribution < -0.4 is 4.90 Å². The van der Waals surface area contributed by atoms with Gasteiger partial charge in [0.1, 0.15) is 5.69 Å². The summed E-state index contributed by atoms with van der Waals surface area (Å²) in [7, 11) is 2.04. The number of rotatable bonds is 2. The quantitative estimate of drug-likeness (QED) is 0.818. The standard InChI is InChI=1S/C18H22F2N4O/c1-22-6-8-24(9-7-22)18(25)14-2-4-23(5-3-14)17-15(19)10-13(12-21)11-16(17)20/h10-11,14H,2-9H2,1H3. The summed E-state index contributed by atoms with van der Waals surface area (Å²) in [5.41, 5.74) is -0.122. The van der Waals surface area contributed by atoms with Crippen LogP contribution in [0.1, 0.15) is 18.4 Å². The highest BCUT2D eigenvalue weighted by atomic mass is 19.1. The predicted octanol–water partition coefficient (Wildman–Crippen LogP) is 1.83. The molecule has 1 aromatic rings. The molecule has 0 radical (unpaired) electrons. The van der Waals surface area contributed by atoms with Gasteiger partial charge in [-0.3, -0.25) is 4.79 Å². The second-order valence-corrected chi connectivity index (χ2v) is 6.79. The molecule has 2 heterocycles. The van der Waals surface area contributed by atoms with E-state index in [1.54, 1.807) is 11.0 Å². The first-order valence-corrected chi connectivity index (χ1v) is 8.61. The number of halogens is 2. The third-order valence-corrected chi connectivity index (χ3v) is 5.12. The summed E-state index contributed by atoms with van der Waals surface area (Å²) in [5, 5.41) is 8.78. The molecule has 0 unspecified atom stereocenters. The highest BCUT2D eigenvalue weighted by molar-refractivity contribution is 5.79. The summed E-state index contributed by atoms with van der Waals surface area (Å²) in [4.78, 5) is 18.4. The third-order valence-electron chi connectivity index (χ3n) is 5.12. The van der Waals surface area contributed by atoms with Crippen LogP contribution in [0.2, 0.25) is 0 Å². The van der Waals surface area contributed by atoms with E-state index in [4.69, 9.17) is 5.26 Å². The molecule has 0 bridgehead atoms. The molecule has 1 amide bonds. The van der Waals surface area contributed by atoms with Crippen molar-refractivity contribution in [1.82, 2.24) is 9.80 Å². The zero-order valence-electron chi connectivity index (χ0n) is 14.3. The predicted molar refractivity (Wildman–Crippen MR) is 90.1 cm³/mol. The number of benzene rings is 1. The Morgan fingerprint density at radius 3 is 2.16 bits per heavy atom. The van der Waals surface area contributed by atoms with Crippen LogP contribution in [0.4, 0.5) is 14.5 Å². The van der Waals surface area contributed by atoms with Crippen molar-refractivity contribution in [2.75, 3.05) is 51.2 Å². The minimum Gasteiger partial charge on any atom is -0.367 e. The molecule has 2 saturated heterocycles. The first kappa shape index (κ1) is 17.6. The van der Waals surface area contributed by atoms with Crippen molar-refractivity contribution in [2.24, 2.45) is 5.92 Å². The number of nitrogens with zero attached hydrogens (tertiary/aromatic N) is 4. The summed E-state index contributed by atoms with van der Waals surface area (Å²) in [6.45, 7) is 4.12. The van der Waals surface area contributed by atoms with Gasteiger partial charge in [-0.1, -0.05) is 0 Å². The molecular weight excluding hydrogens is 326 g/mol. The number of hydrogen-bond acceptors (Lipinski definition) is 4. The van der Waals surface area contributed by atoms with E-state index in [9.17, 15) is 13.6 Å². The molecule has 0 atom stereocenters. The van der Waals surface area contributed by atoms with Gasteiger partial charge < -0.3 is 14.7 Å². The molecule has 0 aromatic heterocycles. The maximum absolute atomic E-state index is 14.2. The molecule has 2 aliphatic heterocycles. The molecule has 25 heavy (non-hydrogen) atoms. The van der Waals surface area contributed by atoms with Gasteiger partial charge in [-0.05, 0) is 32.0 Å². The molecule has 134 valence electrons. The normalized spacial score (nSPS) is 19.8. The SMILES string of the molecule is CN1CCN(C(=O)C2CCN(c3c(F)cc(C#N)cc3F)CC2)CC1. The number of carbonyl (C=O) groups is 1. The van der Waals surface area contributed by atoms with E-state index in [-0.39, 0.29) is 23.1 Å². The van der Waals surface area contributed by atoms with Crippen LogP contribution in [0.25, 0.3) is 0 Å². The lowest BCUT2D eigenvalue weighted by molar-refractivity contribution is -0.137. The molecule has 7 heteroatoms. The number of amides is 1. The van der Waals surface area contributed by atoms with Crippen LogP contribution >= 0.6 is 0 Å². The maximum atomic E-state index is 14.2. The Morgan fingerprint density at radius 1 is 1.08 bits per heavy atom. The van der Waals surface area contributed by atoms with Gasteiger partial charge in [0.05, 0.1) is 11.6 Å². The van der Waals surface area contributed by atoms with Gasteiger partial charge in [-0.25, -0.2) is 8.78 Å². The number of piperazine rings is 1. The van der Waals surface area contributed by atoms with E-state index < -0.39 is 11.6 Å². The summed E-state index contributed by atoms with van der Waals surface area (Å²) >= 11 is 0. The highest BCUT2D eigenvalue weighted by Crippen LogP contribution is 2.30. The van der Waals surface area contributed by atoms with Gasteiger partial charge in [0.25, 0.3) is 0 Å². The monoisotopic (exact) mass is 348 g/mol. The topological polar surface area (TPSA) is 50.6 Å². The molecule has 1 aromatic carbocycles. The van der Waals surface area contributed by atoms with Crippen molar-refractivity contribution < 1.29 is 13.6 Å². The van der Waals surface area contributed by atoms with Gasteiger partial charge in [0.15, 0.2) is 11.6 Å². The van der Waals surface area contributed by atoms with Crippen molar-refractivity contribution in [1.29, 1.82) is 5.26 Å². The van der Waals surface area contributed by atoms with Crippen LogP contribution in [0.5, 0.6) is 0 Å². The number of nitriles is 1. The number of carbonyl (C=O) groups excluding carboxylic acids is 1. The fourth-order valence-electron chi connectivity index (χ4n) is 3.57. The van der Waals surface area contributed by atoms with Crippen molar-refractivity contribution in [3.05, 3.63) is 29.3 Å². The first-order valence-electron chi connectivity index (χ1n) is 8.61. The molecule has 0 N–H and O–H groups in total. The minimum absolute atomic E-state index is 0.0288. The Labute approximate surface area is 146 Å². The van der Waals surface area contributed by atoms with Crippen molar-refractivity contribution in [3.8, 4) is 6.07 Å². The Bertz CT molecular complexity index is 664. The van der Waals surface area contributed by atoms with Crippen LogP contribution in [0.3, 0.4) is 0 Å². The highest BCUT2D eigenvalue weighted by Gasteiger charge is 2.31. The maximum Gasteiger partial charge on any atom is 0.225 e. The minimum atomic E-state index is -0.722. The second-order valence-electron chi connectivity index (χ2n) is 6.79. The van der Waals surface area contributed by atoms with Gasteiger partial charge in [0, 0.05) is 45.2 Å². The van der Waals surface area contributed by atoms with E-state index in [2.05, 4.69) is 4.90 Å². The Balaban J connectivity index is 1.63. The van der Waals surface area contributed by atoms with Gasteiger partial charge in [0.2, 0.25) is 5.91 Å². The van der Waals surface area contributed by atoms with Crippen LogP contribution in [0, 0.1) is 28.9 Å². The average molecular weight is 348 g/mol. The average Bonchev–Trinajstić information content (AvgIpc) is 2.61. The van der Waals surface area contributed by atoms with Crippen molar-refractivity contribution in [3.63, 3.8) is 0 Å². The number of piperidine rings is 1. The summed E-state index contributed by atoms with van der Waals surface area (Å²) in [5.74, 6) is -1.36. The molecule has 2 aliphatic rings. The second kappa shape index (κ2) is 7.36. The molecular formula is C18H22F2N4O. The molecule has 0 spiro atoms. The summed E-state index contributed by atoms with van der Waals surface area (Å²) < 4.78 is 28.3. The lowest BCUT2D eigenvalue weighted by atomic mass is 9.94. The fourth-order valence-corrected chi connectivity index (χ4v) is 3.57. The molecule has 3 rings (SSSR count). The van der Waals surface area contributed by atoms with Gasteiger partial charge >= 0.3 is 0 Å². The number of anilines is 1. The van der Waals surface area contributed by atoms with Crippen LogP contribution in [-0.4, -0.2) is 62.0 Å². The lowest BCUT2D eigenvalue weighted by Gasteiger charge is -2.38. The Morgan fingerprint density at radius 2 is 1.64 bits per heavy atom. The third kappa shape index (κ3) is 3.74. The van der Waals surface area contributed by atoms with E-state index in [1.807, 2.05) is 11.9 Å². The number of likely N-dealkylation sites (N-methyl/N-ethyl adjacent to an activating group) is 1. The summed E-state index contributed by atoms with van der Waals surface area (Å²) in [6, 6.07) is 3.86. The zero-order chi connectivity index (χ0) is 18.0. The summed E-state index contributed by atoms with van der Waals surface area (Å²) in [6.07, 6.45) is 1.17. The van der Waals surface area contributed by atoms with Crippen molar-refractivity contribution >= 4 is 11.6 Å². The van der Waals surface area contributed by atoms with E-state index >= 15 is 0 Å². The molecule has 0 saturated carbocycles. The fraction of sp³-hybridized carbons (Fsp3) is 0.556. The van der Waals surface area contributed by atoms with Crippen LogP contribution in [-0.2, 0) is 4.79 Å². The Kier molecular flexibility index (Phi) is 5.19. The lowest BCUT2D eigenvalue weighted by Crippen LogP contribution is -2.50. The molecule has 5 nitrogen and oxygen atoms in total. The van der Waals surface area contributed by atoms with Crippen LogP contribution in [0.15, 0.2) is 12.1 Å². The van der Waals surface area contributed by atoms with E-state index in [0.717, 1.165) is 38.3 Å². The smallest absolute Gasteiger partial charge is 0.225 e. The zero-order valence-corrected chi connectivity index (χ0v) is 14.3. The van der Waals surface area contributed by atoms with E-state index in [1.165, 1.54) is 0 Å². The number of hydrogen-bond donors (Lipinski definition) is 0. The van der Waals surface area contributed by atoms with Gasteiger partial charge in [-0.2, -0.15) is 5.26 Å². The Hall–Kier alpha value is -2.20.